The molecule has 0 saturated heterocycles. The van der Waals surface area contributed by atoms with Crippen LogP contribution in [-0.4, -0.2) is 38.7 Å². The van der Waals surface area contributed by atoms with Crippen molar-refractivity contribution in [1.29, 1.82) is 0 Å². The summed E-state index contributed by atoms with van der Waals surface area (Å²) in [5.41, 5.74) is 7.83. The number of anilines is 3. The van der Waals surface area contributed by atoms with Crippen LogP contribution < -0.4 is 4.90 Å². The molecule has 0 saturated carbocycles. The molecular weight excluding hydrogens is 679 g/mol. The van der Waals surface area contributed by atoms with E-state index in [-0.39, 0.29) is 0 Å². The van der Waals surface area contributed by atoms with Crippen molar-refractivity contribution >= 4 is 60.9 Å². The molecule has 0 bridgehead atoms. The van der Waals surface area contributed by atoms with E-state index in [0.29, 0.717) is 5.95 Å². The van der Waals surface area contributed by atoms with Crippen molar-refractivity contribution in [2.24, 2.45) is 0 Å². The summed E-state index contributed by atoms with van der Waals surface area (Å²) in [5.74, 6) is 2.00. The van der Waals surface area contributed by atoms with E-state index in [1.165, 1.54) is 0 Å². The molecule has 0 fully saturated rings. The SMILES string of the molecule is c1cc(N(c2cccc(-n3cccn3)c2)c2nc(-n3c4ccccc4c4ccccc43)cc(-n3c4ccccc4c4ccccc43)n2)cc(-n2cccn2)c1. The predicted molar refractivity (Wildman–Crippen MR) is 220 cm³/mol. The van der Waals surface area contributed by atoms with Gasteiger partial charge in [0.1, 0.15) is 11.6 Å². The van der Waals surface area contributed by atoms with E-state index in [0.717, 1.165) is 78.0 Å². The summed E-state index contributed by atoms with van der Waals surface area (Å²) in [7, 11) is 0. The zero-order chi connectivity index (χ0) is 36.3. The van der Waals surface area contributed by atoms with Gasteiger partial charge in [0.05, 0.1) is 44.8 Å². The number of rotatable bonds is 7. The second-order valence-electron chi connectivity index (χ2n) is 13.4. The zero-order valence-electron chi connectivity index (χ0n) is 29.4. The molecule has 9 nitrogen and oxygen atoms in total. The third-order valence-electron chi connectivity index (χ3n) is 10.2. The van der Waals surface area contributed by atoms with Crippen molar-refractivity contribution < 1.29 is 0 Å². The second-order valence-corrected chi connectivity index (χ2v) is 13.4. The molecule has 0 spiro atoms. The van der Waals surface area contributed by atoms with Crippen LogP contribution in [0.25, 0.3) is 66.6 Å². The number of benzene rings is 6. The van der Waals surface area contributed by atoms with E-state index in [1.54, 1.807) is 12.4 Å². The zero-order valence-corrected chi connectivity index (χ0v) is 29.4. The van der Waals surface area contributed by atoms with E-state index in [2.05, 4.69) is 152 Å². The number of para-hydroxylation sites is 4. The summed E-state index contributed by atoms with van der Waals surface area (Å²) in [6.45, 7) is 0. The molecule has 0 N–H and O–H groups in total. The maximum absolute atomic E-state index is 5.50. The molecule has 0 aliphatic heterocycles. The van der Waals surface area contributed by atoms with Gasteiger partial charge < -0.3 is 0 Å². The minimum Gasteiger partial charge on any atom is -0.294 e. The standard InChI is InChI=1S/C46H31N9/c1-5-21-40-36(17-1)37-18-2-6-22-41(37)54(40)44-31-45(55-42-23-7-3-19-38(42)39-20-4-8-24-43(39)55)50-46(49-44)53(34-15-9-13-32(29-34)51-27-11-25-47-51)35-16-10-14-33(30-35)52-28-12-26-48-52/h1-31H. The van der Waals surface area contributed by atoms with Gasteiger partial charge in [0.25, 0.3) is 0 Å². The van der Waals surface area contributed by atoms with Gasteiger partial charge in [0.2, 0.25) is 5.95 Å². The number of aromatic nitrogens is 8. The lowest BCUT2D eigenvalue weighted by Crippen LogP contribution is -2.17. The number of fused-ring (bicyclic) bond motifs is 6. The summed E-state index contributed by atoms with van der Waals surface area (Å²) in [5, 5.41) is 13.7. The Bertz CT molecular complexity index is 2860. The van der Waals surface area contributed by atoms with E-state index in [4.69, 9.17) is 9.97 Å². The summed E-state index contributed by atoms with van der Waals surface area (Å²) in [6.07, 6.45) is 7.46. The minimum atomic E-state index is 0.506. The lowest BCUT2D eigenvalue weighted by Gasteiger charge is -2.25. The van der Waals surface area contributed by atoms with Crippen molar-refractivity contribution in [3.8, 4) is 23.0 Å². The van der Waals surface area contributed by atoms with Gasteiger partial charge in [-0.15, -0.1) is 0 Å². The third-order valence-corrected chi connectivity index (χ3v) is 10.2. The highest BCUT2D eigenvalue weighted by molar-refractivity contribution is 6.10. The Hall–Kier alpha value is -7.78. The van der Waals surface area contributed by atoms with Gasteiger partial charge in [-0.25, -0.2) is 9.36 Å². The fourth-order valence-corrected chi connectivity index (χ4v) is 7.85. The third kappa shape index (κ3) is 5.02. The van der Waals surface area contributed by atoms with Crippen LogP contribution >= 0.6 is 0 Å². The molecule has 6 aromatic carbocycles. The first-order valence-corrected chi connectivity index (χ1v) is 18.1. The summed E-state index contributed by atoms with van der Waals surface area (Å²) < 4.78 is 8.24. The van der Waals surface area contributed by atoms with Crippen LogP contribution in [0, 0.1) is 0 Å². The normalized spacial score (nSPS) is 11.6. The maximum Gasteiger partial charge on any atom is 0.238 e. The highest BCUT2D eigenvalue weighted by Gasteiger charge is 2.23. The lowest BCUT2D eigenvalue weighted by molar-refractivity contribution is 0.877. The Labute approximate surface area is 315 Å². The van der Waals surface area contributed by atoms with Crippen LogP contribution in [0.4, 0.5) is 17.3 Å². The fourth-order valence-electron chi connectivity index (χ4n) is 7.85. The maximum atomic E-state index is 5.50. The molecular formula is C46H31N9. The van der Waals surface area contributed by atoms with E-state index in [9.17, 15) is 0 Å². The molecule has 0 amide bonds. The molecule has 0 aliphatic carbocycles. The molecule has 0 aliphatic rings. The first-order valence-electron chi connectivity index (χ1n) is 18.1. The van der Waals surface area contributed by atoms with Crippen LogP contribution in [0.3, 0.4) is 0 Å². The highest BCUT2D eigenvalue weighted by atomic mass is 15.3. The van der Waals surface area contributed by atoms with E-state index in [1.807, 2.05) is 58.2 Å². The number of hydrogen-bond donors (Lipinski definition) is 0. The molecule has 5 heterocycles. The smallest absolute Gasteiger partial charge is 0.238 e. The van der Waals surface area contributed by atoms with Crippen LogP contribution in [0.2, 0.25) is 0 Å². The lowest BCUT2D eigenvalue weighted by atomic mass is 10.2. The number of nitrogens with zero attached hydrogens (tertiary/aromatic N) is 9. The van der Waals surface area contributed by atoms with E-state index < -0.39 is 0 Å². The van der Waals surface area contributed by atoms with Gasteiger partial charge in [-0.2, -0.15) is 20.2 Å². The Balaban J connectivity index is 1.24. The average Bonchev–Trinajstić information content (AvgIpc) is 4.07. The van der Waals surface area contributed by atoms with Crippen molar-refractivity contribution in [1.82, 2.24) is 38.7 Å². The largest absolute Gasteiger partial charge is 0.294 e. The van der Waals surface area contributed by atoms with Gasteiger partial charge in [-0.1, -0.05) is 84.9 Å². The Morgan fingerprint density at radius 2 is 0.782 bits per heavy atom. The molecule has 0 atom stereocenters. The summed E-state index contributed by atoms with van der Waals surface area (Å²) in [6, 6.07) is 56.6. The Kier molecular flexibility index (Phi) is 6.96. The topological polar surface area (TPSA) is 74.5 Å². The van der Waals surface area contributed by atoms with Crippen molar-refractivity contribution in [3.05, 3.63) is 189 Å². The average molecular weight is 710 g/mol. The van der Waals surface area contributed by atoms with Gasteiger partial charge in [0, 0.05) is 52.4 Å². The molecule has 9 heteroatoms. The van der Waals surface area contributed by atoms with Crippen molar-refractivity contribution in [2.75, 3.05) is 4.90 Å². The summed E-state index contributed by atoms with van der Waals surface area (Å²) in [4.78, 5) is 13.1. The van der Waals surface area contributed by atoms with Gasteiger partial charge in [0.15, 0.2) is 0 Å². The molecule has 0 radical (unpaired) electrons. The molecule has 11 rings (SSSR count). The molecule has 260 valence electrons. The molecule has 11 aromatic rings. The number of hydrogen-bond acceptors (Lipinski definition) is 5. The summed E-state index contributed by atoms with van der Waals surface area (Å²) >= 11 is 0. The Morgan fingerprint density at radius 1 is 0.382 bits per heavy atom. The molecule has 5 aromatic heterocycles. The molecule has 55 heavy (non-hydrogen) atoms. The minimum absolute atomic E-state index is 0.506. The monoisotopic (exact) mass is 709 g/mol. The van der Waals surface area contributed by atoms with Crippen LogP contribution in [0.15, 0.2) is 189 Å². The first-order chi connectivity index (χ1) is 27.3. The fraction of sp³-hybridized carbons (Fsp3) is 0. The van der Waals surface area contributed by atoms with Gasteiger partial charge >= 0.3 is 0 Å². The quantitative estimate of drug-likeness (QED) is 0.165. The molecule has 0 unspecified atom stereocenters. The Morgan fingerprint density at radius 3 is 1.16 bits per heavy atom. The van der Waals surface area contributed by atoms with Crippen LogP contribution in [0.5, 0.6) is 0 Å². The van der Waals surface area contributed by atoms with Crippen molar-refractivity contribution in [2.45, 2.75) is 0 Å². The van der Waals surface area contributed by atoms with Crippen molar-refractivity contribution in [3.63, 3.8) is 0 Å². The highest BCUT2D eigenvalue weighted by Crippen LogP contribution is 2.39. The van der Waals surface area contributed by atoms with Gasteiger partial charge in [-0.05, 0) is 72.8 Å². The van der Waals surface area contributed by atoms with Crippen LogP contribution in [-0.2, 0) is 0 Å². The first kappa shape index (κ1) is 30.8. The second kappa shape index (κ2) is 12.4. The predicted octanol–water partition coefficient (Wildman–Crippen LogP) is 10.5. The van der Waals surface area contributed by atoms with Gasteiger partial charge in [-0.3, -0.25) is 14.0 Å². The van der Waals surface area contributed by atoms with Crippen LogP contribution in [0.1, 0.15) is 0 Å². The van der Waals surface area contributed by atoms with E-state index >= 15 is 0 Å².